The predicted molar refractivity (Wildman–Crippen MR) is 107 cm³/mol. The van der Waals surface area contributed by atoms with Crippen molar-refractivity contribution in [2.24, 2.45) is 0 Å². The van der Waals surface area contributed by atoms with Crippen LogP contribution in [0.1, 0.15) is 0 Å². The number of fused-ring (bicyclic) bond motifs is 8. The number of nitrogens with zero attached hydrogens (tertiary/aromatic N) is 1. The maximum absolute atomic E-state index is 2.37. The van der Waals surface area contributed by atoms with Gasteiger partial charge in [0.05, 0.1) is 0 Å². The number of hydrogen-bond donors (Lipinski definition) is 0. The summed E-state index contributed by atoms with van der Waals surface area (Å²) in [6.07, 6.45) is 4.37. The van der Waals surface area contributed by atoms with Gasteiger partial charge in [0, 0.05) is 23.3 Å². The number of benzene rings is 3. The van der Waals surface area contributed by atoms with Gasteiger partial charge in [-0.15, -0.1) is 0 Å². The molecule has 0 spiro atoms. The minimum absolute atomic E-state index is 1.22. The summed E-state index contributed by atoms with van der Waals surface area (Å²) in [7, 11) is 0. The van der Waals surface area contributed by atoms with E-state index in [1.54, 1.807) is 0 Å². The summed E-state index contributed by atoms with van der Waals surface area (Å²) >= 11 is 0. The van der Waals surface area contributed by atoms with Crippen molar-refractivity contribution in [2.75, 3.05) is 0 Å². The van der Waals surface area contributed by atoms with E-state index < -0.39 is 0 Å². The van der Waals surface area contributed by atoms with Crippen molar-refractivity contribution >= 4 is 48.6 Å². The minimum atomic E-state index is 1.22. The Bertz CT molecular complexity index is 1440. The van der Waals surface area contributed by atoms with Gasteiger partial charge in [0.25, 0.3) is 0 Å². The normalized spacial score (nSPS) is 12.0. The van der Waals surface area contributed by atoms with Crippen molar-refractivity contribution in [3.8, 4) is 0 Å². The largest absolute Gasteiger partial charge is 0.323 e. The minimum Gasteiger partial charge on any atom is -0.323 e. The number of pyridine rings is 2. The van der Waals surface area contributed by atoms with E-state index in [0.717, 1.165) is 0 Å². The lowest BCUT2D eigenvalue weighted by atomic mass is 10.0. The smallest absolute Gasteiger partial charge is 0.0455 e. The molecular formula is C24H15N. The Kier molecular flexibility index (Phi) is 2.40. The Labute approximate surface area is 144 Å². The van der Waals surface area contributed by atoms with Gasteiger partial charge in [-0.05, 0) is 62.0 Å². The van der Waals surface area contributed by atoms with Crippen LogP contribution in [0.5, 0.6) is 0 Å². The fourth-order valence-corrected chi connectivity index (χ4v) is 4.15. The van der Waals surface area contributed by atoms with Gasteiger partial charge in [-0.25, -0.2) is 0 Å². The number of aromatic nitrogens is 1. The van der Waals surface area contributed by atoms with E-state index in [2.05, 4.69) is 95.7 Å². The molecule has 0 bridgehead atoms. The maximum atomic E-state index is 2.37. The molecule has 4 aromatic carbocycles. The van der Waals surface area contributed by atoms with Gasteiger partial charge >= 0.3 is 0 Å². The molecule has 0 atom stereocenters. The molecule has 6 aromatic rings. The van der Waals surface area contributed by atoms with Crippen molar-refractivity contribution in [2.45, 2.75) is 0 Å². The molecule has 25 heavy (non-hydrogen) atoms. The zero-order valence-corrected chi connectivity index (χ0v) is 13.6. The Morgan fingerprint density at radius 2 is 1.24 bits per heavy atom. The summed E-state index contributed by atoms with van der Waals surface area (Å²) in [6.45, 7) is 0. The molecule has 0 saturated carbocycles. The van der Waals surface area contributed by atoms with E-state index in [1.807, 2.05) is 0 Å². The molecule has 0 aliphatic rings. The first-order valence-electron chi connectivity index (χ1n) is 8.62. The maximum Gasteiger partial charge on any atom is 0.0455 e. The summed E-state index contributed by atoms with van der Waals surface area (Å²) < 4.78 is 2.21. The molecular weight excluding hydrogens is 302 g/mol. The third kappa shape index (κ3) is 1.72. The van der Waals surface area contributed by atoms with E-state index in [0.29, 0.717) is 0 Å². The van der Waals surface area contributed by atoms with Gasteiger partial charge in [-0.3, -0.25) is 0 Å². The predicted octanol–water partition coefficient (Wildman–Crippen LogP) is 6.55. The zero-order valence-electron chi connectivity index (χ0n) is 13.6. The molecule has 0 saturated heterocycles. The monoisotopic (exact) mass is 317 g/mol. The molecule has 0 aliphatic heterocycles. The molecule has 6 rings (SSSR count). The van der Waals surface area contributed by atoms with Crippen molar-refractivity contribution in [3.05, 3.63) is 91.3 Å². The highest BCUT2D eigenvalue weighted by Gasteiger charge is 2.10. The van der Waals surface area contributed by atoms with Crippen molar-refractivity contribution < 1.29 is 0 Å². The average Bonchev–Trinajstić information content (AvgIpc) is 3.06. The molecule has 0 aliphatic carbocycles. The van der Waals surface area contributed by atoms with Crippen LogP contribution in [0.4, 0.5) is 0 Å². The standard InChI is InChI=1S/C24H15N/c1-2-7-19-16(5-1)8-10-20-21-11-9-17-13-18-6-3-4-12-25(18)15-24(17)23(21)14-22(19)20/h1-15H. The lowest BCUT2D eigenvalue weighted by Gasteiger charge is -2.06. The first-order valence-corrected chi connectivity index (χ1v) is 8.62. The van der Waals surface area contributed by atoms with Crippen molar-refractivity contribution in [1.82, 2.24) is 4.40 Å². The van der Waals surface area contributed by atoms with Crippen LogP contribution in [0.15, 0.2) is 91.3 Å². The molecule has 1 heteroatoms. The van der Waals surface area contributed by atoms with Crippen LogP contribution in [0, 0.1) is 0 Å². The third-order valence-corrected chi connectivity index (χ3v) is 5.36. The molecule has 116 valence electrons. The Balaban J connectivity index is 1.85. The van der Waals surface area contributed by atoms with Crippen molar-refractivity contribution in [1.29, 1.82) is 0 Å². The summed E-state index contributed by atoms with van der Waals surface area (Å²) in [5.41, 5.74) is 1.22. The van der Waals surface area contributed by atoms with E-state index >= 15 is 0 Å². The lowest BCUT2D eigenvalue weighted by molar-refractivity contribution is 1.18. The van der Waals surface area contributed by atoms with Crippen LogP contribution in [0.2, 0.25) is 0 Å². The van der Waals surface area contributed by atoms with E-state index in [1.165, 1.54) is 48.6 Å². The molecule has 1 nitrogen and oxygen atoms in total. The molecule has 0 radical (unpaired) electrons. The highest BCUT2D eigenvalue weighted by Crippen LogP contribution is 2.37. The van der Waals surface area contributed by atoms with Crippen LogP contribution in [-0.2, 0) is 0 Å². The third-order valence-electron chi connectivity index (χ3n) is 5.36. The second-order valence-corrected chi connectivity index (χ2v) is 6.73. The van der Waals surface area contributed by atoms with Crippen LogP contribution < -0.4 is 0 Å². The van der Waals surface area contributed by atoms with Gasteiger partial charge in [0.15, 0.2) is 0 Å². The summed E-state index contributed by atoms with van der Waals surface area (Å²) in [5, 5.41) is 10.6. The van der Waals surface area contributed by atoms with Gasteiger partial charge < -0.3 is 4.40 Å². The van der Waals surface area contributed by atoms with E-state index in [9.17, 15) is 0 Å². The van der Waals surface area contributed by atoms with Gasteiger partial charge in [-0.2, -0.15) is 0 Å². The average molecular weight is 317 g/mol. The second kappa shape index (κ2) is 4.61. The molecule has 0 fully saturated rings. The molecule has 2 heterocycles. The first-order chi connectivity index (χ1) is 12.4. The van der Waals surface area contributed by atoms with Crippen LogP contribution in [0.3, 0.4) is 0 Å². The molecule has 0 amide bonds. The topological polar surface area (TPSA) is 4.41 Å². The molecule has 2 aromatic heterocycles. The Morgan fingerprint density at radius 1 is 0.480 bits per heavy atom. The van der Waals surface area contributed by atoms with Gasteiger partial charge in [0.1, 0.15) is 0 Å². The van der Waals surface area contributed by atoms with E-state index in [-0.39, 0.29) is 0 Å². The van der Waals surface area contributed by atoms with Crippen LogP contribution in [-0.4, -0.2) is 4.40 Å². The summed E-state index contributed by atoms with van der Waals surface area (Å²) in [5.74, 6) is 0. The fraction of sp³-hybridized carbons (Fsp3) is 0. The fourth-order valence-electron chi connectivity index (χ4n) is 4.15. The van der Waals surface area contributed by atoms with Crippen LogP contribution >= 0.6 is 0 Å². The zero-order chi connectivity index (χ0) is 16.4. The second-order valence-electron chi connectivity index (χ2n) is 6.73. The quantitative estimate of drug-likeness (QED) is 0.280. The van der Waals surface area contributed by atoms with Crippen LogP contribution in [0.25, 0.3) is 48.6 Å². The number of hydrogen-bond acceptors (Lipinski definition) is 0. The SMILES string of the molecule is c1ccc2c(c1)ccc1c2cc2c3cn4ccccc4cc3ccc21. The molecule has 0 unspecified atom stereocenters. The summed E-state index contributed by atoms with van der Waals surface area (Å²) in [6, 6.07) is 28.6. The van der Waals surface area contributed by atoms with E-state index in [4.69, 9.17) is 0 Å². The van der Waals surface area contributed by atoms with Crippen molar-refractivity contribution in [3.63, 3.8) is 0 Å². The van der Waals surface area contributed by atoms with Gasteiger partial charge in [0.2, 0.25) is 0 Å². The Morgan fingerprint density at radius 3 is 2.16 bits per heavy atom. The number of rotatable bonds is 0. The Hall–Kier alpha value is -3.32. The highest BCUT2D eigenvalue weighted by atomic mass is 14.8. The van der Waals surface area contributed by atoms with Gasteiger partial charge in [-0.1, -0.05) is 54.6 Å². The highest BCUT2D eigenvalue weighted by molar-refractivity contribution is 6.26. The lowest BCUT2D eigenvalue weighted by Crippen LogP contribution is -1.87. The first kappa shape index (κ1) is 13.0. The molecule has 0 N–H and O–H groups in total. The summed E-state index contributed by atoms with van der Waals surface area (Å²) in [4.78, 5) is 0.